The van der Waals surface area contributed by atoms with E-state index in [0.717, 1.165) is 38.5 Å². The van der Waals surface area contributed by atoms with Gasteiger partial charge in [0.05, 0.1) is 31.9 Å². The number of aromatic hydroxyl groups is 1. The highest BCUT2D eigenvalue weighted by atomic mass is 16.6. The van der Waals surface area contributed by atoms with Gasteiger partial charge in [-0.2, -0.15) is 0 Å². The molecule has 4 aliphatic rings. The average molecular weight is 684 g/mol. The number of carbonyl (C=O) groups excluding carboxylic acids is 5. The van der Waals surface area contributed by atoms with Gasteiger partial charge in [-0.05, 0) is 73.8 Å². The number of esters is 2. The van der Waals surface area contributed by atoms with Crippen molar-refractivity contribution < 1.29 is 48.0 Å². The second-order valence-corrected chi connectivity index (χ2v) is 14.3. The molecule has 4 aliphatic carbocycles. The Morgan fingerprint density at radius 3 is 2.53 bits per heavy atom. The summed E-state index contributed by atoms with van der Waals surface area (Å²) in [6.45, 7) is 5.32. The van der Waals surface area contributed by atoms with Gasteiger partial charge in [-0.3, -0.25) is 19.2 Å². The molecule has 1 aromatic rings. The predicted molar refractivity (Wildman–Crippen MR) is 177 cm³/mol. The van der Waals surface area contributed by atoms with Crippen LogP contribution >= 0.6 is 0 Å². The Bertz CT molecular complexity index is 1490. The molecule has 0 saturated heterocycles. The number of anilines is 1. The third-order valence-corrected chi connectivity index (χ3v) is 11.5. The molecule has 3 fully saturated rings. The number of hydrogen-bond donors (Lipinski definition) is 4. The Labute approximate surface area is 286 Å². The SMILES string of the molecule is CC12CCC(=O)CC1=CCC1C2CCC2(C)C(OC(=O)COCCOCCNC(=O)CCC(=O)Oc3ccc(N)c(O)c3C(N)=O)CCC12. The first-order valence-electron chi connectivity index (χ1n) is 17.3. The van der Waals surface area contributed by atoms with E-state index < -0.39 is 29.1 Å². The molecule has 0 aliphatic heterocycles. The number of nitrogens with one attached hydrogen (secondary N) is 1. The maximum absolute atomic E-state index is 12.7. The zero-order valence-corrected chi connectivity index (χ0v) is 28.4. The lowest BCUT2D eigenvalue weighted by molar-refractivity contribution is -0.164. The third-order valence-electron chi connectivity index (χ3n) is 11.5. The smallest absolute Gasteiger partial charge is 0.332 e. The summed E-state index contributed by atoms with van der Waals surface area (Å²) in [6.07, 6.45) is 9.10. The molecule has 3 saturated carbocycles. The van der Waals surface area contributed by atoms with Crippen LogP contribution in [0.25, 0.3) is 0 Å². The fourth-order valence-corrected chi connectivity index (χ4v) is 8.84. The first-order chi connectivity index (χ1) is 23.3. The van der Waals surface area contributed by atoms with Crippen LogP contribution in [0.3, 0.4) is 0 Å². The van der Waals surface area contributed by atoms with Crippen molar-refractivity contribution in [2.45, 2.75) is 84.2 Å². The number of primary amides is 1. The summed E-state index contributed by atoms with van der Waals surface area (Å²) >= 11 is 0. The summed E-state index contributed by atoms with van der Waals surface area (Å²) in [6, 6.07) is 2.49. The zero-order chi connectivity index (χ0) is 35.3. The predicted octanol–water partition coefficient (Wildman–Crippen LogP) is 3.35. The quantitative estimate of drug-likeness (QED) is 0.0559. The monoisotopic (exact) mass is 683 g/mol. The maximum atomic E-state index is 12.7. The second-order valence-electron chi connectivity index (χ2n) is 14.3. The molecule has 0 radical (unpaired) electrons. The van der Waals surface area contributed by atoms with Crippen molar-refractivity contribution in [3.8, 4) is 11.5 Å². The van der Waals surface area contributed by atoms with Crippen molar-refractivity contribution in [2.24, 2.45) is 34.3 Å². The van der Waals surface area contributed by atoms with Gasteiger partial charge in [0.15, 0.2) is 5.75 Å². The van der Waals surface area contributed by atoms with Crippen LogP contribution in [-0.4, -0.2) is 73.7 Å². The molecule has 6 unspecified atom stereocenters. The highest BCUT2D eigenvalue weighted by molar-refractivity contribution is 6.01. The van der Waals surface area contributed by atoms with Crippen LogP contribution in [0.1, 0.15) is 88.4 Å². The number of allylic oxidation sites excluding steroid dienone is 2. The van der Waals surface area contributed by atoms with Gasteiger partial charge in [0.2, 0.25) is 5.91 Å². The van der Waals surface area contributed by atoms with Crippen LogP contribution in [0.2, 0.25) is 0 Å². The summed E-state index contributed by atoms with van der Waals surface area (Å²) < 4.78 is 22.0. The standard InChI is InChI=1S/C36H49N3O10/c1-35-13-11-22(40)19-21(35)3-4-23-24-5-8-28(36(24,2)14-12-25(23)35)49-31(43)20-47-18-17-46-16-15-39-29(41)9-10-30(42)48-27-7-6-26(37)33(44)32(27)34(38)45/h3,6-7,23-25,28,44H,4-5,8-20,37H2,1-2H3,(H2,38,45)(H,39,41). The van der Waals surface area contributed by atoms with Crippen molar-refractivity contribution in [2.75, 3.05) is 38.7 Å². The topological polar surface area (TPSA) is 207 Å². The summed E-state index contributed by atoms with van der Waals surface area (Å²) in [5.41, 5.74) is 11.7. The number of nitrogen functional groups attached to an aromatic ring is 1. The van der Waals surface area contributed by atoms with Gasteiger partial charge >= 0.3 is 11.9 Å². The molecule has 6 atom stereocenters. The highest BCUT2D eigenvalue weighted by Gasteiger charge is 2.59. The largest absolute Gasteiger partial charge is 0.505 e. The molecule has 6 N–H and O–H groups in total. The maximum Gasteiger partial charge on any atom is 0.332 e. The van der Waals surface area contributed by atoms with E-state index in [-0.39, 0.29) is 80.2 Å². The number of benzene rings is 1. The molecule has 0 aromatic heterocycles. The molecule has 5 rings (SSSR count). The van der Waals surface area contributed by atoms with Crippen molar-refractivity contribution in [1.29, 1.82) is 0 Å². The van der Waals surface area contributed by atoms with Gasteiger partial charge < -0.3 is 40.8 Å². The molecule has 2 amide bonds. The number of rotatable bonds is 14. The van der Waals surface area contributed by atoms with Gasteiger partial charge in [0.25, 0.3) is 5.91 Å². The van der Waals surface area contributed by atoms with Crippen LogP contribution in [0.4, 0.5) is 5.69 Å². The van der Waals surface area contributed by atoms with Gasteiger partial charge in [0, 0.05) is 31.2 Å². The minimum absolute atomic E-state index is 0.0494. The van der Waals surface area contributed by atoms with E-state index >= 15 is 0 Å². The van der Waals surface area contributed by atoms with Crippen LogP contribution in [0.15, 0.2) is 23.8 Å². The minimum Gasteiger partial charge on any atom is -0.505 e. The number of carbonyl (C=O) groups is 5. The van der Waals surface area contributed by atoms with Crippen LogP contribution in [-0.2, 0) is 33.4 Å². The number of hydrogen-bond acceptors (Lipinski definition) is 11. The van der Waals surface area contributed by atoms with Gasteiger partial charge in [-0.15, -0.1) is 0 Å². The summed E-state index contributed by atoms with van der Waals surface area (Å²) in [5.74, 6) is -1.40. The third kappa shape index (κ3) is 7.93. The molecular weight excluding hydrogens is 634 g/mol. The van der Waals surface area contributed by atoms with E-state index in [9.17, 15) is 29.1 Å². The number of ketones is 1. The number of fused-ring (bicyclic) bond motifs is 5. The van der Waals surface area contributed by atoms with Crippen LogP contribution < -0.4 is 21.5 Å². The molecule has 1 aromatic carbocycles. The van der Waals surface area contributed by atoms with E-state index in [1.165, 1.54) is 17.7 Å². The number of ether oxygens (including phenoxy) is 4. The number of amides is 2. The fraction of sp³-hybridized carbons (Fsp3) is 0.639. The number of nitrogens with two attached hydrogens (primary N) is 2. The van der Waals surface area contributed by atoms with E-state index in [4.69, 9.17) is 30.4 Å². The number of phenols is 1. The van der Waals surface area contributed by atoms with Crippen LogP contribution in [0.5, 0.6) is 11.5 Å². The first kappa shape index (κ1) is 36.3. The van der Waals surface area contributed by atoms with E-state index in [0.29, 0.717) is 36.4 Å². The molecular formula is C36H49N3O10. The molecule has 13 heteroatoms. The molecule has 268 valence electrons. The van der Waals surface area contributed by atoms with Crippen molar-refractivity contribution in [3.05, 3.63) is 29.3 Å². The summed E-state index contributed by atoms with van der Waals surface area (Å²) in [7, 11) is 0. The highest BCUT2D eigenvalue weighted by Crippen LogP contribution is 2.65. The lowest BCUT2D eigenvalue weighted by Gasteiger charge is -2.57. The summed E-state index contributed by atoms with van der Waals surface area (Å²) in [5, 5.41) is 12.5. The number of Topliss-reactive ketones (excluding diaryl/α,β-unsaturated/α-hetero) is 1. The molecule has 49 heavy (non-hydrogen) atoms. The lowest BCUT2D eigenvalue weighted by Crippen LogP contribution is -2.51. The van der Waals surface area contributed by atoms with Gasteiger partial charge in [-0.1, -0.05) is 25.5 Å². The van der Waals surface area contributed by atoms with Gasteiger partial charge in [0.1, 0.15) is 29.8 Å². The van der Waals surface area contributed by atoms with E-state index in [1.807, 2.05) is 0 Å². The average Bonchev–Trinajstić information content (AvgIpc) is 3.38. The minimum atomic E-state index is -1.02. The normalized spacial score (nSPS) is 28.8. The fourth-order valence-electron chi connectivity index (χ4n) is 8.84. The molecule has 0 bridgehead atoms. The van der Waals surface area contributed by atoms with Gasteiger partial charge in [-0.25, -0.2) is 4.79 Å². The zero-order valence-electron chi connectivity index (χ0n) is 28.4. The Morgan fingerprint density at radius 2 is 1.76 bits per heavy atom. The Hall–Kier alpha value is -3.97. The Kier molecular flexibility index (Phi) is 11.3. The molecule has 0 spiro atoms. The molecule has 0 heterocycles. The van der Waals surface area contributed by atoms with Crippen molar-refractivity contribution >= 4 is 35.2 Å². The Morgan fingerprint density at radius 1 is 0.980 bits per heavy atom. The lowest BCUT2D eigenvalue weighted by atomic mass is 9.48. The van der Waals surface area contributed by atoms with Crippen molar-refractivity contribution in [3.63, 3.8) is 0 Å². The van der Waals surface area contributed by atoms with E-state index in [2.05, 4.69) is 25.2 Å². The first-order valence-corrected chi connectivity index (χ1v) is 17.3. The second kappa shape index (κ2) is 15.3. The van der Waals surface area contributed by atoms with Crippen LogP contribution in [0, 0.1) is 28.6 Å². The molecule has 13 nitrogen and oxygen atoms in total. The Balaban J connectivity index is 0.935. The summed E-state index contributed by atoms with van der Waals surface area (Å²) in [4.78, 5) is 60.7. The van der Waals surface area contributed by atoms with E-state index in [1.54, 1.807) is 0 Å². The van der Waals surface area contributed by atoms with Crippen molar-refractivity contribution in [1.82, 2.24) is 5.32 Å².